The third-order valence-electron chi connectivity index (χ3n) is 4.22. The Hall–Kier alpha value is -3.48. The molecule has 130 valence electrons. The van der Waals surface area contributed by atoms with Crippen molar-refractivity contribution < 1.29 is 9.32 Å². The number of nitrogens with one attached hydrogen (secondary N) is 1. The minimum absolute atomic E-state index is 0.225. The molecule has 0 bridgehead atoms. The lowest BCUT2D eigenvalue weighted by Gasteiger charge is -2.06. The first-order chi connectivity index (χ1) is 12.6. The SMILES string of the molecule is Cc1noc(C)c1C(=O)Nc1ccc(Cc2nnc3ccccn23)cc1. The Bertz CT molecular complexity index is 1060. The van der Waals surface area contributed by atoms with Gasteiger partial charge in [0.2, 0.25) is 0 Å². The van der Waals surface area contributed by atoms with Gasteiger partial charge in [-0.3, -0.25) is 9.20 Å². The molecule has 7 heteroatoms. The number of pyridine rings is 1. The molecule has 0 aliphatic rings. The third kappa shape index (κ3) is 2.95. The predicted molar refractivity (Wildman–Crippen MR) is 96.2 cm³/mol. The number of hydrogen-bond acceptors (Lipinski definition) is 5. The van der Waals surface area contributed by atoms with E-state index in [1.165, 1.54) is 0 Å². The number of fused-ring (bicyclic) bond motifs is 1. The molecule has 0 aliphatic heterocycles. The molecule has 0 atom stereocenters. The van der Waals surface area contributed by atoms with Gasteiger partial charge in [-0.25, -0.2) is 0 Å². The molecule has 1 aromatic carbocycles. The molecule has 0 radical (unpaired) electrons. The van der Waals surface area contributed by atoms with Crippen LogP contribution in [0.4, 0.5) is 5.69 Å². The highest BCUT2D eigenvalue weighted by molar-refractivity contribution is 6.05. The van der Waals surface area contributed by atoms with Crippen LogP contribution in [-0.4, -0.2) is 25.7 Å². The maximum Gasteiger partial charge on any atom is 0.261 e. The normalized spacial score (nSPS) is 11.0. The Morgan fingerprint density at radius 1 is 1.12 bits per heavy atom. The number of rotatable bonds is 4. The minimum Gasteiger partial charge on any atom is -0.361 e. The standard InChI is InChI=1S/C19H17N5O2/c1-12-18(13(2)26-23-12)19(25)20-15-8-6-14(7-9-15)11-17-22-21-16-5-3-4-10-24(16)17/h3-10H,11H2,1-2H3,(H,20,25). The van der Waals surface area contributed by atoms with Crippen LogP contribution in [0.2, 0.25) is 0 Å². The van der Waals surface area contributed by atoms with E-state index in [1.807, 2.05) is 53.1 Å². The molecule has 4 rings (SSSR count). The van der Waals surface area contributed by atoms with Crippen molar-refractivity contribution in [3.8, 4) is 0 Å². The summed E-state index contributed by atoms with van der Waals surface area (Å²) in [5.74, 6) is 1.15. The second-order valence-corrected chi connectivity index (χ2v) is 6.07. The number of amides is 1. The number of hydrogen-bond donors (Lipinski definition) is 1. The minimum atomic E-state index is -0.225. The van der Waals surface area contributed by atoms with Crippen LogP contribution >= 0.6 is 0 Å². The van der Waals surface area contributed by atoms with Crippen molar-refractivity contribution in [1.82, 2.24) is 19.8 Å². The average molecular weight is 347 g/mol. The fourth-order valence-electron chi connectivity index (χ4n) is 2.90. The zero-order chi connectivity index (χ0) is 18.1. The number of benzene rings is 1. The number of carbonyl (C=O) groups is 1. The molecule has 0 aliphatic carbocycles. The summed E-state index contributed by atoms with van der Waals surface area (Å²) in [5, 5.41) is 15.1. The summed E-state index contributed by atoms with van der Waals surface area (Å²) in [6.45, 7) is 3.47. The van der Waals surface area contributed by atoms with Crippen LogP contribution in [0.15, 0.2) is 53.2 Å². The van der Waals surface area contributed by atoms with E-state index >= 15 is 0 Å². The van der Waals surface area contributed by atoms with Gasteiger partial charge in [-0.1, -0.05) is 23.4 Å². The third-order valence-corrected chi connectivity index (χ3v) is 4.22. The van der Waals surface area contributed by atoms with Crippen molar-refractivity contribution in [1.29, 1.82) is 0 Å². The molecule has 0 unspecified atom stereocenters. The van der Waals surface area contributed by atoms with E-state index in [2.05, 4.69) is 20.7 Å². The van der Waals surface area contributed by atoms with Gasteiger partial charge >= 0.3 is 0 Å². The van der Waals surface area contributed by atoms with Crippen LogP contribution in [0.1, 0.15) is 33.2 Å². The van der Waals surface area contributed by atoms with Gasteiger partial charge in [0.1, 0.15) is 17.1 Å². The molecule has 3 aromatic heterocycles. The summed E-state index contributed by atoms with van der Waals surface area (Å²) in [7, 11) is 0. The van der Waals surface area contributed by atoms with Gasteiger partial charge in [0.05, 0.1) is 5.69 Å². The maximum absolute atomic E-state index is 12.4. The Morgan fingerprint density at radius 2 is 1.92 bits per heavy atom. The topological polar surface area (TPSA) is 85.3 Å². The molecular weight excluding hydrogens is 330 g/mol. The molecular formula is C19H17N5O2. The van der Waals surface area contributed by atoms with Crippen LogP contribution in [0.3, 0.4) is 0 Å². The zero-order valence-corrected chi connectivity index (χ0v) is 14.4. The Kier molecular flexibility index (Phi) is 3.96. The first-order valence-corrected chi connectivity index (χ1v) is 8.23. The number of carbonyl (C=O) groups excluding carboxylic acids is 1. The Balaban J connectivity index is 1.49. The van der Waals surface area contributed by atoms with Crippen LogP contribution in [0.25, 0.3) is 5.65 Å². The molecule has 0 saturated carbocycles. The molecule has 4 aromatic rings. The highest BCUT2D eigenvalue weighted by Crippen LogP contribution is 2.17. The fourth-order valence-corrected chi connectivity index (χ4v) is 2.90. The van der Waals surface area contributed by atoms with Crippen molar-refractivity contribution in [2.45, 2.75) is 20.3 Å². The van der Waals surface area contributed by atoms with E-state index in [4.69, 9.17) is 4.52 Å². The summed E-state index contributed by atoms with van der Waals surface area (Å²) in [6, 6.07) is 13.5. The van der Waals surface area contributed by atoms with Gasteiger partial charge < -0.3 is 9.84 Å². The first kappa shape index (κ1) is 16.0. The lowest BCUT2D eigenvalue weighted by atomic mass is 10.1. The van der Waals surface area contributed by atoms with Crippen LogP contribution in [0.5, 0.6) is 0 Å². The first-order valence-electron chi connectivity index (χ1n) is 8.23. The number of aromatic nitrogens is 4. The summed E-state index contributed by atoms with van der Waals surface area (Å²) in [6.07, 6.45) is 2.60. The van der Waals surface area contributed by atoms with Crippen molar-refractivity contribution in [3.63, 3.8) is 0 Å². The molecule has 3 heterocycles. The average Bonchev–Trinajstić information content (AvgIpc) is 3.20. The van der Waals surface area contributed by atoms with E-state index in [0.717, 1.165) is 17.0 Å². The number of anilines is 1. The van der Waals surface area contributed by atoms with Gasteiger partial charge in [-0.2, -0.15) is 0 Å². The van der Waals surface area contributed by atoms with Gasteiger partial charge in [-0.05, 0) is 43.7 Å². The highest BCUT2D eigenvalue weighted by Gasteiger charge is 2.17. The second kappa shape index (κ2) is 6.44. The monoisotopic (exact) mass is 347 g/mol. The van der Waals surface area contributed by atoms with Crippen LogP contribution in [-0.2, 0) is 6.42 Å². The molecule has 7 nitrogen and oxygen atoms in total. The Labute approximate surface area is 149 Å². The molecule has 26 heavy (non-hydrogen) atoms. The molecule has 0 fully saturated rings. The van der Waals surface area contributed by atoms with Crippen molar-refractivity contribution in [2.24, 2.45) is 0 Å². The molecule has 0 spiro atoms. The van der Waals surface area contributed by atoms with E-state index < -0.39 is 0 Å². The van der Waals surface area contributed by atoms with Crippen molar-refractivity contribution in [2.75, 3.05) is 5.32 Å². The van der Waals surface area contributed by atoms with Gasteiger partial charge in [-0.15, -0.1) is 10.2 Å². The predicted octanol–water partition coefficient (Wildman–Crippen LogP) is 3.18. The highest BCUT2D eigenvalue weighted by atomic mass is 16.5. The lowest BCUT2D eigenvalue weighted by Crippen LogP contribution is -2.13. The van der Waals surface area contributed by atoms with E-state index in [9.17, 15) is 4.79 Å². The summed E-state index contributed by atoms with van der Waals surface area (Å²) in [5.41, 5.74) is 3.67. The van der Waals surface area contributed by atoms with Crippen molar-refractivity contribution in [3.05, 3.63) is 77.1 Å². The number of nitrogens with zero attached hydrogens (tertiary/aromatic N) is 4. The second-order valence-electron chi connectivity index (χ2n) is 6.07. The van der Waals surface area contributed by atoms with Crippen molar-refractivity contribution >= 4 is 17.2 Å². The molecule has 1 N–H and O–H groups in total. The van der Waals surface area contributed by atoms with Crippen LogP contribution < -0.4 is 5.32 Å². The largest absolute Gasteiger partial charge is 0.361 e. The summed E-state index contributed by atoms with van der Waals surface area (Å²) >= 11 is 0. The van der Waals surface area contributed by atoms with E-state index in [1.54, 1.807) is 13.8 Å². The lowest BCUT2D eigenvalue weighted by molar-refractivity contribution is 0.102. The van der Waals surface area contributed by atoms with Crippen LogP contribution in [0, 0.1) is 13.8 Å². The Morgan fingerprint density at radius 3 is 2.65 bits per heavy atom. The number of aryl methyl sites for hydroxylation is 2. The van der Waals surface area contributed by atoms with E-state index in [0.29, 0.717) is 29.1 Å². The zero-order valence-electron chi connectivity index (χ0n) is 14.4. The maximum atomic E-state index is 12.4. The van der Waals surface area contributed by atoms with Gasteiger partial charge in [0.15, 0.2) is 5.65 Å². The smallest absolute Gasteiger partial charge is 0.261 e. The van der Waals surface area contributed by atoms with E-state index in [-0.39, 0.29) is 5.91 Å². The summed E-state index contributed by atoms with van der Waals surface area (Å²) in [4.78, 5) is 12.4. The fraction of sp³-hybridized carbons (Fsp3) is 0.158. The van der Waals surface area contributed by atoms with Gasteiger partial charge in [0, 0.05) is 18.3 Å². The molecule has 1 amide bonds. The quantitative estimate of drug-likeness (QED) is 0.613. The summed E-state index contributed by atoms with van der Waals surface area (Å²) < 4.78 is 7.01. The molecule has 0 saturated heterocycles. The van der Waals surface area contributed by atoms with Gasteiger partial charge in [0.25, 0.3) is 5.91 Å².